The summed E-state index contributed by atoms with van der Waals surface area (Å²) in [4.78, 5) is 8.19. The highest BCUT2D eigenvalue weighted by molar-refractivity contribution is 7.11. The van der Waals surface area contributed by atoms with Crippen LogP contribution in [0.2, 0.25) is 0 Å². The number of hydrogen-bond acceptors (Lipinski definition) is 3. The predicted octanol–water partition coefficient (Wildman–Crippen LogP) is 4.26. The first kappa shape index (κ1) is 14.5. The van der Waals surface area contributed by atoms with Crippen molar-refractivity contribution in [1.82, 2.24) is 9.88 Å². The molecule has 0 amide bonds. The minimum absolute atomic E-state index is 1.11. The molecule has 1 aliphatic heterocycles. The van der Waals surface area contributed by atoms with Crippen LogP contribution in [0.25, 0.3) is 5.57 Å². The normalized spacial score (nSPS) is 15.9. The Labute approximate surface area is 131 Å². The average molecular weight is 298 g/mol. The zero-order valence-corrected chi connectivity index (χ0v) is 13.2. The summed E-state index contributed by atoms with van der Waals surface area (Å²) in [6.45, 7) is 3.53. The van der Waals surface area contributed by atoms with Gasteiger partial charge in [-0.15, -0.1) is 11.3 Å². The fraction of sp³-hybridized carbons (Fsp3) is 0.389. The van der Waals surface area contributed by atoms with E-state index in [1.165, 1.54) is 48.4 Å². The largest absolute Gasteiger partial charge is 0.299 e. The zero-order chi connectivity index (χ0) is 14.3. The third kappa shape index (κ3) is 4.26. The van der Waals surface area contributed by atoms with Crippen LogP contribution in [0.15, 0.2) is 48.1 Å². The summed E-state index contributed by atoms with van der Waals surface area (Å²) in [5, 5.41) is 2.17. The Kier molecular flexibility index (Phi) is 5.19. The van der Waals surface area contributed by atoms with Gasteiger partial charge in [-0.05, 0) is 60.9 Å². The van der Waals surface area contributed by atoms with Crippen molar-refractivity contribution >= 4 is 16.9 Å². The number of rotatable bonds is 6. The minimum Gasteiger partial charge on any atom is -0.299 e. The molecule has 2 nitrogen and oxygen atoms in total. The van der Waals surface area contributed by atoms with E-state index < -0.39 is 0 Å². The van der Waals surface area contributed by atoms with Gasteiger partial charge in [0.1, 0.15) is 0 Å². The maximum atomic E-state index is 4.17. The summed E-state index contributed by atoms with van der Waals surface area (Å²) in [7, 11) is 0. The number of aryl methyl sites for hydroxylation is 1. The van der Waals surface area contributed by atoms with Gasteiger partial charge in [0, 0.05) is 30.4 Å². The molecule has 0 spiro atoms. The minimum atomic E-state index is 1.11. The van der Waals surface area contributed by atoms with Gasteiger partial charge in [0.25, 0.3) is 0 Å². The molecule has 3 heterocycles. The quantitative estimate of drug-likeness (QED) is 0.741. The van der Waals surface area contributed by atoms with Crippen LogP contribution in [0.5, 0.6) is 0 Å². The predicted molar refractivity (Wildman–Crippen MR) is 90.5 cm³/mol. The molecule has 110 valence electrons. The lowest BCUT2D eigenvalue weighted by molar-refractivity contribution is 0.295. The molecule has 0 saturated heterocycles. The Morgan fingerprint density at radius 1 is 1.19 bits per heavy atom. The monoisotopic (exact) mass is 298 g/mol. The molecular formula is C18H22N2S. The van der Waals surface area contributed by atoms with Crippen molar-refractivity contribution in [1.29, 1.82) is 0 Å². The molecule has 0 atom stereocenters. The molecule has 0 saturated carbocycles. The highest BCUT2D eigenvalue weighted by Gasteiger charge is 2.12. The van der Waals surface area contributed by atoms with Crippen LogP contribution in [0.4, 0.5) is 0 Å². The van der Waals surface area contributed by atoms with Crippen molar-refractivity contribution in [3.63, 3.8) is 0 Å². The molecule has 0 aliphatic carbocycles. The summed E-state index contributed by atoms with van der Waals surface area (Å²) >= 11 is 1.86. The van der Waals surface area contributed by atoms with Crippen LogP contribution in [0, 0.1) is 0 Å². The van der Waals surface area contributed by atoms with Crippen LogP contribution in [0.1, 0.15) is 29.7 Å². The third-order valence-corrected chi connectivity index (χ3v) is 4.99. The SMILES string of the molecule is C1=C(c2cccs2)CCN(CCCCc2cccnc2)C1. The van der Waals surface area contributed by atoms with E-state index in [2.05, 4.69) is 39.5 Å². The van der Waals surface area contributed by atoms with Crippen molar-refractivity contribution in [2.45, 2.75) is 25.7 Å². The Hall–Kier alpha value is -1.45. The first-order valence-corrected chi connectivity index (χ1v) is 8.64. The van der Waals surface area contributed by atoms with Gasteiger partial charge in [-0.25, -0.2) is 0 Å². The summed E-state index contributed by atoms with van der Waals surface area (Å²) in [6, 6.07) is 8.58. The molecule has 2 aromatic rings. The second-order valence-electron chi connectivity index (χ2n) is 5.58. The second-order valence-corrected chi connectivity index (χ2v) is 6.52. The van der Waals surface area contributed by atoms with Crippen molar-refractivity contribution in [3.05, 3.63) is 58.6 Å². The molecule has 3 heteroatoms. The van der Waals surface area contributed by atoms with Gasteiger partial charge in [0.15, 0.2) is 0 Å². The summed E-state index contributed by atoms with van der Waals surface area (Å²) < 4.78 is 0. The lowest BCUT2D eigenvalue weighted by Crippen LogP contribution is -2.29. The van der Waals surface area contributed by atoms with E-state index in [0.717, 1.165) is 13.0 Å². The highest BCUT2D eigenvalue weighted by atomic mass is 32.1. The van der Waals surface area contributed by atoms with Gasteiger partial charge in [-0.1, -0.05) is 18.2 Å². The van der Waals surface area contributed by atoms with Gasteiger partial charge in [0.05, 0.1) is 0 Å². The van der Waals surface area contributed by atoms with Crippen LogP contribution in [0.3, 0.4) is 0 Å². The van der Waals surface area contributed by atoms with Crippen LogP contribution in [-0.4, -0.2) is 29.5 Å². The van der Waals surface area contributed by atoms with Gasteiger partial charge < -0.3 is 0 Å². The molecule has 1 aliphatic rings. The van der Waals surface area contributed by atoms with Crippen molar-refractivity contribution in [3.8, 4) is 0 Å². The van der Waals surface area contributed by atoms with E-state index >= 15 is 0 Å². The molecule has 3 rings (SSSR count). The molecule has 0 bridgehead atoms. The second kappa shape index (κ2) is 7.53. The van der Waals surface area contributed by atoms with Crippen molar-refractivity contribution in [2.24, 2.45) is 0 Å². The van der Waals surface area contributed by atoms with Gasteiger partial charge in [-0.3, -0.25) is 9.88 Å². The first-order chi connectivity index (χ1) is 10.4. The average Bonchev–Trinajstić information content (AvgIpc) is 3.08. The number of aromatic nitrogens is 1. The maximum Gasteiger partial charge on any atom is 0.0300 e. The van der Waals surface area contributed by atoms with Crippen LogP contribution >= 0.6 is 11.3 Å². The van der Waals surface area contributed by atoms with Crippen molar-refractivity contribution < 1.29 is 0 Å². The Balaban J connectivity index is 1.38. The number of unbranched alkanes of at least 4 members (excludes halogenated alkanes) is 1. The molecule has 2 aromatic heterocycles. The van der Waals surface area contributed by atoms with Gasteiger partial charge >= 0.3 is 0 Å². The summed E-state index contributed by atoms with van der Waals surface area (Å²) in [6.07, 6.45) is 11.1. The van der Waals surface area contributed by atoms with Crippen molar-refractivity contribution in [2.75, 3.05) is 19.6 Å². The number of nitrogens with zero attached hydrogens (tertiary/aromatic N) is 2. The lowest BCUT2D eigenvalue weighted by atomic mass is 10.1. The molecule has 0 fully saturated rings. The first-order valence-electron chi connectivity index (χ1n) is 7.76. The Morgan fingerprint density at radius 3 is 2.90 bits per heavy atom. The fourth-order valence-electron chi connectivity index (χ4n) is 2.81. The van der Waals surface area contributed by atoms with E-state index in [9.17, 15) is 0 Å². The molecular weight excluding hydrogens is 276 g/mol. The highest BCUT2D eigenvalue weighted by Crippen LogP contribution is 2.26. The van der Waals surface area contributed by atoms with E-state index in [-0.39, 0.29) is 0 Å². The van der Waals surface area contributed by atoms with E-state index in [1.807, 2.05) is 29.8 Å². The van der Waals surface area contributed by atoms with Gasteiger partial charge in [-0.2, -0.15) is 0 Å². The number of pyridine rings is 1. The van der Waals surface area contributed by atoms with E-state index in [1.54, 1.807) is 0 Å². The summed E-state index contributed by atoms with van der Waals surface area (Å²) in [5.41, 5.74) is 2.90. The number of hydrogen-bond donors (Lipinski definition) is 0. The van der Waals surface area contributed by atoms with Gasteiger partial charge in [0.2, 0.25) is 0 Å². The third-order valence-electron chi connectivity index (χ3n) is 4.04. The Morgan fingerprint density at radius 2 is 2.19 bits per heavy atom. The molecule has 0 N–H and O–H groups in total. The van der Waals surface area contributed by atoms with E-state index in [0.29, 0.717) is 0 Å². The van der Waals surface area contributed by atoms with E-state index in [4.69, 9.17) is 0 Å². The molecule has 21 heavy (non-hydrogen) atoms. The van der Waals surface area contributed by atoms with Crippen LogP contribution < -0.4 is 0 Å². The fourth-order valence-corrected chi connectivity index (χ4v) is 3.61. The zero-order valence-electron chi connectivity index (χ0n) is 12.4. The molecule has 0 aromatic carbocycles. The smallest absolute Gasteiger partial charge is 0.0300 e. The number of thiophene rings is 1. The standard InChI is InChI=1S/C18H22N2S/c1(5-16-6-3-10-19-15-16)2-11-20-12-8-17(9-13-20)18-7-4-14-21-18/h3-4,6-8,10,14-15H,1-2,5,9,11-13H2. The maximum absolute atomic E-state index is 4.17. The Bertz CT molecular complexity index is 560. The summed E-state index contributed by atoms with van der Waals surface area (Å²) in [5.74, 6) is 0. The van der Waals surface area contributed by atoms with Crippen LogP contribution in [-0.2, 0) is 6.42 Å². The molecule has 0 unspecified atom stereocenters. The molecule has 0 radical (unpaired) electrons. The lowest BCUT2D eigenvalue weighted by Gasteiger charge is -2.25. The topological polar surface area (TPSA) is 16.1 Å².